The third kappa shape index (κ3) is 2.91. The van der Waals surface area contributed by atoms with Gasteiger partial charge in [0.15, 0.2) is 0 Å². The number of phenolic OH excluding ortho intramolecular Hbond substituents is 2. The summed E-state index contributed by atoms with van der Waals surface area (Å²) in [6.45, 7) is 0. The maximum absolute atomic E-state index is 10.5. The minimum absolute atomic E-state index is 0.0180. The highest BCUT2D eigenvalue weighted by molar-refractivity contribution is 7.99. The molecule has 0 aliphatic carbocycles. The van der Waals surface area contributed by atoms with Crippen molar-refractivity contribution < 1.29 is 15.1 Å². The monoisotopic (exact) mass is 297 g/mol. The molecule has 0 bridgehead atoms. The van der Waals surface area contributed by atoms with Gasteiger partial charge in [-0.25, -0.2) is 0 Å². The minimum atomic E-state index is -0.493. The van der Waals surface area contributed by atoms with Crippen molar-refractivity contribution in [1.29, 1.82) is 0 Å². The number of nitro benzene ring substituents is 1. The average molecular weight is 298 g/mol. The second-order valence-electron chi connectivity index (χ2n) is 3.60. The van der Waals surface area contributed by atoms with Crippen LogP contribution in [0.5, 0.6) is 11.5 Å². The third-order valence-corrected chi connectivity index (χ3v) is 3.94. The predicted octanol–water partition coefficient (Wildman–Crippen LogP) is 3.81. The molecule has 98 valence electrons. The van der Waals surface area contributed by atoms with Crippen molar-refractivity contribution in [2.45, 2.75) is 9.79 Å². The van der Waals surface area contributed by atoms with Crippen LogP contribution in [-0.2, 0) is 0 Å². The van der Waals surface area contributed by atoms with Gasteiger partial charge in [0.2, 0.25) is 0 Å². The maximum Gasteiger partial charge on any atom is 0.269 e. The lowest BCUT2D eigenvalue weighted by molar-refractivity contribution is -0.384. The highest BCUT2D eigenvalue weighted by Gasteiger charge is 2.13. The number of hydrogen-bond acceptors (Lipinski definition) is 5. The zero-order valence-corrected chi connectivity index (χ0v) is 11.0. The third-order valence-electron chi connectivity index (χ3n) is 2.32. The molecular weight excluding hydrogens is 290 g/mol. The topological polar surface area (TPSA) is 83.6 Å². The van der Waals surface area contributed by atoms with E-state index in [1.54, 1.807) is 12.1 Å². The normalized spacial score (nSPS) is 10.4. The molecule has 0 amide bonds. The highest BCUT2D eigenvalue weighted by Crippen LogP contribution is 2.43. The molecule has 0 unspecified atom stereocenters. The Balaban J connectivity index is 2.31. The number of phenols is 2. The van der Waals surface area contributed by atoms with Crippen LogP contribution in [0.15, 0.2) is 46.2 Å². The first-order chi connectivity index (χ1) is 8.99. The van der Waals surface area contributed by atoms with Crippen molar-refractivity contribution in [1.82, 2.24) is 0 Å². The van der Waals surface area contributed by atoms with Gasteiger partial charge in [-0.2, -0.15) is 0 Å². The van der Waals surface area contributed by atoms with Crippen molar-refractivity contribution in [3.05, 3.63) is 51.5 Å². The van der Waals surface area contributed by atoms with Crippen LogP contribution in [-0.4, -0.2) is 15.1 Å². The maximum atomic E-state index is 10.5. The zero-order chi connectivity index (χ0) is 14.0. The van der Waals surface area contributed by atoms with Gasteiger partial charge in [-0.3, -0.25) is 10.1 Å². The summed E-state index contributed by atoms with van der Waals surface area (Å²) in [6.07, 6.45) is 0. The molecule has 7 heteroatoms. The molecule has 0 saturated carbocycles. The van der Waals surface area contributed by atoms with Crippen LogP contribution in [0.1, 0.15) is 0 Å². The number of nitrogens with zero attached hydrogens (tertiary/aromatic N) is 1. The van der Waals surface area contributed by atoms with Gasteiger partial charge in [-0.15, -0.1) is 0 Å². The van der Waals surface area contributed by atoms with Gasteiger partial charge in [0.25, 0.3) is 5.69 Å². The van der Waals surface area contributed by atoms with Gasteiger partial charge in [0.1, 0.15) is 11.5 Å². The summed E-state index contributed by atoms with van der Waals surface area (Å²) >= 11 is 7.00. The molecular formula is C12H8ClNO4S. The Hall–Kier alpha value is -1.92. The molecule has 0 heterocycles. The molecule has 0 saturated heterocycles. The van der Waals surface area contributed by atoms with E-state index in [2.05, 4.69) is 0 Å². The summed E-state index contributed by atoms with van der Waals surface area (Å²) < 4.78 is 0. The van der Waals surface area contributed by atoms with E-state index in [0.717, 1.165) is 11.8 Å². The van der Waals surface area contributed by atoms with E-state index in [0.29, 0.717) is 9.79 Å². The lowest BCUT2D eigenvalue weighted by atomic mass is 10.3. The number of benzene rings is 2. The molecule has 0 spiro atoms. The van der Waals surface area contributed by atoms with E-state index >= 15 is 0 Å². The largest absolute Gasteiger partial charge is 0.507 e. The number of non-ortho nitro benzene ring substituents is 1. The second kappa shape index (κ2) is 5.38. The zero-order valence-electron chi connectivity index (χ0n) is 9.41. The van der Waals surface area contributed by atoms with E-state index in [-0.39, 0.29) is 22.2 Å². The number of hydrogen-bond donors (Lipinski definition) is 2. The number of rotatable bonds is 3. The summed E-state index contributed by atoms with van der Waals surface area (Å²) in [7, 11) is 0. The van der Waals surface area contributed by atoms with E-state index in [1.165, 1.54) is 24.3 Å². The molecule has 2 rings (SSSR count). The second-order valence-corrected chi connectivity index (χ2v) is 5.06. The Morgan fingerprint density at radius 3 is 2.21 bits per heavy atom. The van der Waals surface area contributed by atoms with Crippen LogP contribution >= 0.6 is 23.4 Å². The van der Waals surface area contributed by atoms with E-state index < -0.39 is 4.92 Å². The smallest absolute Gasteiger partial charge is 0.269 e. The quantitative estimate of drug-likeness (QED) is 0.511. The van der Waals surface area contributed by atoms with Crippen LogP contribution in [0.25, 0.3) is 0 Å². The van der Waals surface area contributed by atoms with Gasteiger partial charge >= 0.3 is 0 Å². The molecule has 0 aliphatic rings. The molecule has 0 aliphatic heterocycles. The lowest BCUT2D eigenvalue weighted by Crippen LogP contribution is -1.86. The summed E-state index contributed by atoms with van der Waals surface area (Å²) in [4.78, 5) is 11.0. The van der Waals surface area contributed by atoms with Crippen LogP contribution in [0.2, 0.25) is 5.02 Å². The molecule has 2 aromatic carbocycles. The van der Waals surface area contributed by atoms with Crippen LogP contribution in [0, 0.1) is 10.1 Å². The summed E-state index contributed by atoms with van der Waals surface area (Å²) in [5, 5.41) is 29.7. The van der Waals surface area contributed by atoms with E-state index in [4.69, 9.17) is 11.6 Å². The first-order valence-corrected chi connectivity index (χ1v) is 6.31. The minimum Gasteiger partial charge on any atom is -0.507 e. The van der Waals surface area contributed by atoms with Crippen molar-refractivity contribution in [3.8, 4) is 11.5 Å². The van der Waals surface area contributed by atoms with Gasteiger partial charge in [0, 0.05) is 17.0 Å². The van der Waals surface area contributed by atoms with Gasteiger partial charge in [0.05, 0.1) is 14.8 Å². The standard InChI is InChI=1S/C12H8ClNO4S/c13-11-9(15)5-6-10(16)12(11)19-8-3-1-7(2-4-8)14(17)18/h1-6,15-16H. The van der Waals surface area contributed by atoms with Gasteiger partial charge < -0.3 is 10.2 Å². The Bertz CT molecular complexity index is 630. The molecule has 5 nitrogen and oxygen atoms in total. The Morgan fingerprint density at radius 2 is 1.63 bits per heavy atom. The summed E-state index contributed by atoms with van der Waals surface area (Å²) in [5.74, 6) is -0.199. The molecule has 0 radical (unpaired) electrons. The van der Waals surface area contributed by atoms with Crippen molar-refractivity contribution in [3.63, 3.8) is 0 Å². The van der Waals surface area contributed by atoms with Crippen LogP contribution in [0.3, 0.4) is 0 Å². The number of halogens is 1. The first kappa shape index (κ1) is 13.5. The van der Waals surface area contributed by atoms with Crippen LogP contribution < -0.4 is 0 Å². The van der Waals surface area contributed by atoms with Gasteiger partial charge in [-0.05, 0) is 24.3 Å². The van der Waals surface area contributed by atoms with Crippen molar-refractivity contribution in [2.75, 3.05) is 0 Å². The Kier molecular flexibility index (Phi) is 3.82. The molecule has 0 fully saturated rings. The first-order valence-electron chi connectivity index (χ1n) is 5.12. The SMILES string of the molecule is O=[N+]([O-])c1ccc(Sc2c(O)ccc(O)c2Cl)cc1. The summed E-state index contributed by atoms with van der Waals surface area (Å²) in [5.41, 5.74) is -0.0180. The van der Waals surface area contributed by atoms with Crippen molar-refractivity contribution >= 4 is 29.1 Å². The van der Waals surface area contributed by atoms with Crippen molar-refractivity contribution in [2.24, 2.45) is 0 Å². The fraction of sp³-hybridized carbons (Fsp3) is 0. The fourth-order valence-electron chi connectivity index (χ4n) is 1.39. The molecule has 2 N–H and O–H groups in total. The Morgan fingerprint density at radius 1 is 1.05 bits per heavy atom. The predicted molar refractivity (Wildman–Crippen MR) is 72.0 cm³/mol. The fourth-order valence-corrected chi connectivity index (χ4v) is 2.54. The van der Waals surface area contributed by atoms with E-state index in [9.17, 15) is 20.3 Å². The average Bonchev–Trinajstić information content (AvgIpc) is 2.40. The van der Waals surface area contributed by atoms with E-state index in [1.807, 2.05) is 0 Å². The lowest BCUT2D eigenvalue weighted by Gasteiger charge is -2.07. The summed E-state index contributed by atoms with van der Waals surface area (Å²) in [6, 6.07) is 8.42. The number of nitro groups is 1. The number of aromatic hydroxyl groups is 2. The molecule has 0 atom stereocenters. The molecule has 19 heavy (non-hydrogen) atoms. The van der Waals surface area contributed by atoms with Gasteiger partial charge in [-0.1, -0.05) is 23.4 Å². The molecule has 2 aromatic rings. The highest BCUT2D eigenvalue weighted by atomic mass is 35.5. The molecule has 0 aromatic heterocycles. The van der Waals surface area contributed by atoms with Crippen LogP contribution in [0.4, 0.5) is 5.69 Å². The Labute approximate surface area is 117 Å².